The predicted octanol–water partition coefficient (Wildman–Crippen LogP) is 2.98. The van der Waals surface area contributed by atoms with E-state index in [1.54, 1.807) is 0 Å². The summed E-state index contributed by atoms with van der Waals surface area (Å²) in [6.07, 6.45) is 3.64. The van der Waals surface area contributed by atoms with Crippen LogP contribution in [0.15, 0.2) is 18.3 Å². The normalized spacial score (nSPS) is 19.5. The molecule has 1 aliphatic heterocycles. The van der Waals surface area contributed by atoms with Crippen molar-refractivity contribution in [3.63, 3.8) is 0 Å². The molecule has 23 heavy (non-hydrogen) atoms. The first-order valence-corrected chi connectivity index (χ1v) is 8.18. The smallest absolute Gasteiger partial charge is 0.407 e. The molecule has 1 aromatic heterocycles. The number of aromatic amines is 1. The van der Waals surface area contributed by atoms with Crippen molar-refractivity contribution >= 4 is 12.0 Å². The summed E-state index contributed by atoms with van der Waals surface area (Å²) in [6, 6.07) is 3.82. The highest BCUT2D eigenvalue weighted by molar-refractivity contribution is 5.78. The van der Waals surface area contributed by atoms with Crippen LogP contribution in [0, 0.1) is 0 Å². The number of carbonyl (C=O) groups is 2. The molecule has 0 spiro atoms. The largest absolute Gasteiger partial charge is 0.444 e. The standard InChI is InChI=1S/C17H27N3O3/c1-12(19-16(22)23-17(2,3)4)11-15(21)20-10-6-8-14(20)13-7-5-9-18-13/h5,7,9,12,14,18H,6,8,10-11H2,1-4H3,(H,19,22)/t12-,14-/m0/s1. The third-order valence-corrected chi connectivity index (χ3v) is 3.80. The SMILES string of the molecule is C[C@@H](CC(=O)N1CCC[C@H]1c1ccc[nH]1)NC(=O)OC(C)(C)C. The number of amides is 2. The van der Waals surface area contributed by atoms with Gasteiger partial charge in [-0.2, -0.15) is 0 Å². The molecule has 1 fully saturated rings. The van der Waals surface area contributed by atoms with Crippen LogP contribution in [0.3, 0.4) is 0 Å². The van der Waals surface area contributed by atoms with Gasteiger partial charge in [0.05, 0.1) is 6.04 Å². The number of nitrogens with one attached hydrogen (secondary N) is 2. The van der Waals surface area contributed by atoms with Gasteiger partial charge in [0.1, 0.15) is 5.60 Å². The van der Waals surface area contributed by atoms with Crippen molar-refractivity contribution in [2.24, 2.45) is 0 Å². The Morgan fingerprint density at radius 2 is 2.22 bits per heavy atom. The molecular weight excluding hydrogens is 294 g/mol. The molecule has 1 saturated heterocycles. The van der Waals surface area contributed by atoms with E-state index in [1.165, 1.54) is 0 Å². The van der Waals surface area contributed by atoms with E-state index in [9.17, 15) is 9.59 Å². The zero-order chi connectivity index (χ0) is 17.0. The highest BCUT2D eigenvalue weighted by Crippen LogP contribution is 2.31. The molecule has 2 atom stereocenters. The van der Waals surface area contributed by atoms with Crippen molar-refractivity contribution in [1.82, 2.24) is 15.2 Å². The van der Waals surface area contributed by atoms with E-state index in [4.69, 9.17) is 4.74 Å². The summed E-state index contributed by atoms with van der Waals surface area (Å²) >= 11 is 0. The van der Waals surface area contributed by atoms with Gasteiger partial charge < -0.3 is 19.9 Å². The predicted molar refractivity (Wildman–Crippen MR) is 87.9 cm³/mol. The Morgan fingerprint density at radius 1 is 1.48 bits per heavy atom. The maximum atomic E-state index is 12.5. The van der Waals surface area contributed by atoms with Crippen molar-refractivity contribution in [1.29, 1.82) is 0 Å². The molecule has 6 nitrogen and oxygen atoms in total. The maximum absolute atomic E-state index is 12.5. The van der Waals surface area contributed by atoms with E-state index >= 15 is 0 Å². The number of aromatic nitrogens is 1. The Morgan fingerprint density at radius 3 is 2.83 bits per heavy atom. The van der Waals surface area contributed by atoms with Gasteiger partial charge in [0.15, 0.2) is 0 Å². The fourth-order valence-electron chi connectivity index (χ4n) is 2.88. The molecule has 2 N–H and O–H groups in total. The van der Waals surface area contributed by atoms with E-state index in [0.717, 1.165) is 25.1 Å². The fourth-order valence-corrected chi connectivity index (χ4v) is 2.88. The summed E-state index contributed by atoms with van der Waals surface area (Å²) in [6.45, 7) is 8.03. The van der Waals surface area contributed by atoms with Gasteiger partial charge >= 0.3 is 6.09 Å². The van der Waals surface area contributed by atoms with Crippen molar-refractivity contribution in [2.75, 3.05) is 6.54 Å². The van der Waals surface area contributed by atoms with Crippen molar-refractivity contribution in [3.05, 3.63) is 24.0 Å². The first-order valence-electron chi connectivity index (χ1n) is 8.18. The fraction of sp³-hybridized carbons (Fsp3) is 0.647. The molecule has 6 heteroatoms. The van der Waals surface area contributed by atoms with E-state index in [2.05, 4.69) is 10.3 Å². The average Bonchev–Trinajstić information content (AvgIpc) is 3.07. The Kier molecular flexibility index (Phi) is 5.34. The molecule has 0 unspecified atom stereocenters. The van der Waals surface area contributed by atoms with Gasteiger partial charge in [0.2, 0.25) is 5.91 Å². The van der Waals surface area contributed by atoms with Crippen LogP contribution in [0.2, 0.25) is 0 Å². The molecular formula is C17H27N3O3. The molecule has 0 saturated carbocycles. The molecule has 0 radical (unpaired) electrons. The zero-order valence-electron chi connectivity index (χ0n) is 14.4. The summed E-state index contributed by atoms with van der Waals surface area (Å²) in [5, 5.41) is 2.72. The van der Waals surface area contributed by atoms with E-state index in [-0.39, 0.29) is 24.4 Å². The van der Waals surface area contributed by atoms with Crippen LogP contribution in [0.1, 0.15) is 58.7 Å². The molecule has 1 aromatic rings. The lowest BCUT2D eigenvalue weighted by Gasteiger charge is -2.26. The number of rotatable bonds is 4. The zero-order valence-corrected chi connectivity index (χ0v) is 14.4. The molecule has 2 rings (SSSR count). The summed E-state index contributed by atoms with van der Waals surface area (Å²) in [5.74, 6) is 0.0608. The first-order chi connectivity index (χ1) is 10.8. The monoisotopic (exact) mass is 321 g/mol. The minimum Gasteiger partial charge on any atom is -0.444 e. The number of ether oxygens (including phenoxy) is 1. The van der Waals surface area contributed by atoms with Gasteiger partial charge in [-0.1, -0.05) is 0 Å². The van der Waals surface area contributed by atoms with Gasteiger partial charge in [-0.3, -0.25) is 4.79 Å². The van der Waals surface area contributed by atoms with Gasteiger partial charge in [-0.15, -0.1) is 0 Å². The quantitative estimate of drug-likeness (QED) is 0.895. The third-order valence-electron chi connectivity index (χ3n) is 3.80. The second kappa shape index (κ2) is 7.06. The van der Waals surface area contributed by atoms with E-state index < -0.39 is 11.7 Å². The Bertz CT molecular complexity index is 534. The summed E-state index contributed by atoms with van der Waals surface area (Å²) in [7, 11) is 0. The lowest BCUT2D eigenvalue weighted by molar-refractivity contribution is -0.132. The number of hydrogen-bond acceptors (Lipinski definition) is 3. The lowest BCUT2D eigenvalue weighted by Crippen LogP contribution is -2.41. The van der Waals surface area contributed by atoms with E-state index in [0.29, 0.717) is 0 Å². The van der Waals surface area contributed by atoms with Gasteiger partial charge in [-0.05, 0) is 52.7 Å². The Hall–Kier alpha value is -1.98. The van der Waals surface area contributed by atoms with Crippen molar-refractivity contribution in [2.45, 2.75) is 64.6 Å². The number of alkyl carbamates (subject to hydrolysis) is 1. The van der Waals surface area contributed by atoms with Gasteiger partial charge in [0.25, 0.3) is 0 Å². The number of nitrogens with zero attached hydrogens (tertiary/aromatic N) is 1. The van der Waals surface area contributed by atoms with Gasteiger partial charge in [0, 0.05) is 30.9 Å². The molecule has 128 valence electrons. The number of carbonyl (C=O) groups excluding carboxylic acids is 2. The number of H-pyrrole nitrogens is 1. The topological polar surface area (TPSA) is 74.4 Å². The average molecular weight is 321 g/mol. The van der Waals surface area contributed by atoms with Crippen molar-refractivity contribution in [3.8, 4) is 0 Å². The Balaban J connectivity index is 1.87. The minimum atomic E-state index is -0.540. The number of likely N-dealkylation sites (tertiary alicyclic amines) is 1. The van der Waals surface area contributed by atoms with Crippen LogP contribution in [0.5, 0.6) is 0 Å². The minimum absolute atomic E-state index is 0.0608. The van der Waals surface area contributed by atoms with Crippen LogP contribution in [0.25, 0.3) is 0 Å². The summed E-state index contributed by atoms with van der Waals surface area (Å²) < 4.78 is 5.22. The lowest BCUT2D eigenvalue weighted by atomic mass is 10.1. The maximum Gasteiger partial charge on any atom is 0.407 e. The highest BCUT2D eigenvalue weighted by atomic mass is 16.6. The second-order valence-electron chi connectivity index (χ2n) is 7.12. The summed E-state index contributed by atoms with van der Waals surface area (Å²) in [4.78, 5) is 29.4. The van der Waals surface area contributed by atoms with Crippen LogP contribution < -0.4 is 5.32 Å². The highest BCUT2D eigenvalue weighted by Gasteiger charge is 2.31. The van der Waals surface area contributed by atoms with Crippen molar-refractivity contribution < 1.29 is 14.3 Å². The molecule has 0 bridgehead atoms. The van der Waals surface area contributed by atoms with Crippen LogP contribution in [-0.2, 0) is 9.53 Å². The van der Waals surface area contributed by atoms with Gasteiger partial charge in [-0.25, -0.2) is 4.79 Å². The van der Waals surface area contributed by atoms with Crippen LogP contribution in [0.4, 0.5) is 4.79 Å². The third kappa shape index (κ3) is 5.01. The Labute approximate surface area is 137 Å². The van der Waals surface area contributed by atoms with E-state index in [1.807, 2.05) is 50.9 Å². The van der Waals surface area contributed by atoms with Crippen LogP contribution >= 0.6 is 0 Å². The molecule has 0 aromatic carbocycles. The molecule has 1 aliphatic rings. The summed E-state index contributed by atoms with van der Waals surface area (Å²) in [5.41, 5.74) is 0.533. The molecule has 0 aliphatic carbocycles. The molecule has 2 heterocycles. The molecule has 2 amide bonds. The first kappa shape index (κ1) is 17.4. The van der Waals surface area contributed by atoms with Crippen LogP contribution in [-0.4, -0.2) is 40.1 Å². The second-order valence-corrected chi connectivity index (χ2v) is 7.12. The number of hydrogen-bond donors (Lipinski definition) is 2.